The van der Waals surface area contributed by atoms with Gasteiger partial charge in [-0.25, -0.2) is 4.98 Å². The minimum atomic E-state index is -0.291. The van der Waals surface area contributed by atoms with Gasteiger partial charge in [-0.15, -0.1) is 0 Å². The van der Waals surface area contributed by atoms with Crippen molar-refractivity contribution in [2.45, 2.75) is 13.8 Å². The number of nitrogens with one attached hydrogen (secondary N) is 2. The molecular formula is C25H20ClN3O2. The molecule has 0 aliphatic heterocycles. The minimum Gasteiger partial charge on any atom is -0.326 e. The van der Waals surface area contributed by atoms with Crippen LogP contribution in [0.2, 0.25) is 5.02 Å². The number of hydrogen-bond acceptors (Lipinski definition) is 3. The Morgan fingerprint density at radius 2 is 1.65 bits per heavy atom. The smallest absolute Gasteiger partial charge is 0.256 e. The Balaban J connectivity index is 1.72. The molecule has 0 bridgehead atoms. The molecular weight excluding hydrogens is 410 g/mol. The predicted molar refractivity (Wildman–Crippen MR) is 126 cm³/mol. The molecule has 0 spiro atoms. The number of pyridine rings is 1. The highest BCUT2D eigenvalue weighted by molar-refractivity contribution is 6.34. The van der Waals surface area contributed by atoms with E-state index in [0.717, 1.165) is 27.7 Å². The minimum absolute atomic E-state index is 0.195. The second-order valence-electron chi connectivity index (χ2n) is 7.27. The Labute approximate surface area is 185 Å². The molecule has 2 N–H and O–H groups in total. The zero-order valence-electron chi connectivity index (χ0n) is 17.1. The maximum Gasteiger partial charge on any atom is 0.256 e. The van der Waals surface area contributed by atoms with Gasteiger partial charge in [0.25, 0.3) is 5.91 Å². The molecule has 3 aromatic carbocycles. The number of benzene rings is 3. The molecule has 0 atom stereocenters. The van der Waals surface area contributed by atoms with Crippen LogP contribution in [0.5, 0.6) is 0 Å². The number of aryl methyl sites for hydroxylation is 1. The van der Waals surface area contributed by atoms with Crippen molar-refractivity contribution in [2.75, 3.05) is 10.6 Å². The van der Waals surface area contributed by atoms with E-state index in [9.17, 15) is 9.59 Å². The maximum atomic E-state index is 13.2. The molecule has 5 nitrogen and oxygen atoms in total. The van der Waals surface area contributed by atoms with Gasteiger partial charge in [-0.05, 0) is 37.3 Å². The molecule has 0 unspecified atom stereocenters. The standard InChI is InChI=1S/C25H20ClN3O2/c1-15-7-9-17(10-8-15)24-14-20(19-5-3-4-6-22(19)28-24)25(31)29-23-12-11-18(13-21(23)26)27-16(2)30/h3-14H,1-2H3,(H,27,30)(H,29,31). The summed E-state index contributed by atoms with van der Waals surface area (Å²) in [7, 11) is 0. The highest BCUT2D eigenvalue weighted by Gasteiger charge is 2.15. The van der Waals surface area contributed by atoms with Gasteiger partial charge in [0.15, 0.2) is 0 Å². The van der Waals surface area contributed by atoms with Crippen molar-refractivity contribution >= 4 is 45.7 Å². The number of nitrogens with zero attached hydrogens (tertiary/aromatic N) is 1. The van der Waals surface area contributed by atoms with E-state index in [0.29, 0.717) is 22.0 Å². The fourth-order valence-corrected chi connectivity index (χ4v) is 3.55. The van der Waals surface area contributed by atoms with E-state index in [1.807, 2.05) is 55.5 Å². The molecule has 0 aliphatic rings. The maximum absolute atomic E-state index is 13.2. The Bertz CT molecular complexity index is 1300. The lowest BCUT2D eigenvalue weighted by molar-refractivity contribution is -0.114. The van der Waals surface area contributed by atoms with Crippen molar-refractivity contribution in [2.24, 2.45) is 0 Å². The van der Waals surface area contributed by atoms with Crippen LogP contribution < -0.4 is 10.6 Å². The molecule has 0 saturated heterocycles. The number of rotatable bonds is 4. The predicted octanol–water partition coefficient (Wildman–Crippen LogP) is 6.07. The molecule has 1 heterocycles. The summed E-state index contributed by atoms with van der Waals surface area (Å²) in [5, 5.41) is 6.62. The van der Waals surface area contributed by atoms with Crippen LogP contribution in [0, 0.1) is 6.92 Å². The van der Waals surface area contributed by atoms with E-state index in [2.05, 4.69) is 10.6 Å². The van der Waals surface area contributed by atoms with Crippen molar-refractivity contribution in [3.63, 3.8) is 0 Å². The first-order valence-electron chi connectivity index (χ1n) is 9.76. The van der Waals surface area contributed by atoms with Crippen molar-refractivity contribution in [1.29, 1.82) is 0 Å². The van der Waals surface area contributed by atoms with Gasteiger partial charge >= 0.3 is 0 Å². The van der Waals surface area contributed by atoms with E-state index in [1.54, 1.807) is 24.3 Å². The lowest BCUT2D eigenvalue weighted by atomic mass is 10.0. The number of aromatic nitrogens is 1. The van der Waals surface area contributed by atoms with Crippen molar-refractivity contribution < 1.29 is 9.59 Å². The van der Waals surface area contributed by atoms with Crippen LogP contribution in [0.3, 0.4) is 0 Å². The van der Waals surface area contributed by atoms with Gasteiger partial charge in [-0.3, -0.25) is 9.59 Å². The van der Waals surface area contributed by atoms with Crippen molar-refractivity contribution in [3.05, 3.63) is 88.9 Å². The van der Waals surface area contributed by atoms with Crippen LogP contribution in [0.25, 0.3) is 22.2 Å². The Hall–Kier alpha value is -3.70. The Kier molecular flexibility index (Phi) is 5.69. The van der Waals surface area contributed by atoms with Crippen LogP contribution in [-0.4, -0.2) is 16.8 Å². The van der Waals surface area contributed by atoms with Gasteiger partial charge in [-0.2, -0.15) is 0 Å². The van der Waals surface area contributed by atoms with Gasteiger partial charge in [0, 0.05) is 23.6 Å². The third-order valence-electron chi connectivity index (χ3n) is 4.85. The lowest BCUT2D eigenvalue weighted by Crippen LogP contribution is -2.14. The normalized spacial score (nSPS) is 10.7. The van der Waals surface area contributed by atoms with E-state index in [-0.39, 0.29) is 11.8 Å². The number of amides is 2. The highest BCUT2D eigenvalue weighted by atomic mass is 35.5. The third kappa shape index (κ3) is 4.57. The SMILES string of the molecule is CC(=O)Nc1ccc(NC(=O)c2cc(-c3ccc(C)cc3)nc3ccccc23)c(Cl)c1. The van der Waals surface area contributed by atoms with E-state index in [1.165, 1.54) is 6.92 Å². The van der Waals surface area contributed by atoms with Crippen molar-refractivity contribution in [1.82, 2.24) is 4.98 Å². The number of fused-ring (bicyclic) bond motifs is 1. The Morgan fingerprint density at radius 3 is 2.35 bits per heavy atom. The van der Waals surface area contributed by atoms with Gasteiger partial charge < -0.3 is 10.6 Å². The number of carbonyl (C=O) groups excluding carboxylic acids is 2. The molecule has 31 heavy (non-hydrogen) atoms. The average Bonchev–Trinajstić information content (AvgIpc) is 2.75. The molecule has 0 radical (unpaired) electrons. The van der Waals surface area contributed by atoms with Gasteiger partial charge in [0.05, 0.1) is 27.5 Å². The van der Waals surface area contributed by atoms with Gasteiger partial charge in [0.1, 0.15) is 0 Å². The van der Waals surface area contributed by atoms with Crippen LogP contribution in [0.15, 0.2) is 72.8 Å². The fourth-order valence-electron chi connectivity index (χ4n) is 3.32. The molecule has 0 saturated carbocycles. The number of para-hydroxylation sites is 1. The topological polar surface area (TPSA) is 71.1 Å². The molecule has 1 aromatic heterocycles. The van der Waals surface area contributed by atoms with E-state index in [4.69, 9.17) is 16.6 Å². The van der Waals surface area contributed by atoms with E-state index >= 15 is 0 Å². The zero-order chi connectivity index (χ0) is 22.0. The third-order valence-corrected chi connectivity index (χ3v) is 5.16. The van der Waals surface area contributed by atoms with Gasteiger partial charge in [0.2, 0.25) is 5.91 Å². The number of carbonyl (C=O) groups is 2. The molecule has 2 amide bonds. The van der Waals surface area contributed by atoms with Gasteiger partial charge in [-0.1, -0.05) is 59.6 Å². The van der Waals surface area contributed by atoms with Crippen LogP contribution in [0.4, 0.5) is 11.4 Å². The quantitative estimate of drug-likeness (QED) is 0.413. The molecule has 154 valence electrons. The summed E-state index contributed by atoms with van der Waals surface area (Å²) in [5.41, 5.74) is 5.06. The lowest BCUT2D eigenvalue weighted by Gasteiger charge is -2.12. The largest absolute Gasteiger partial charge is 0.326 e. The second-order valence-corrected chi connectivity index (χ2v) is 7.68. The zero-order valence-corrected chi connectivity index (χ0v) is 17.8. The summed E-state index contributed by atoms with van der Waals surface area (Å²) in [6, 6.07) is 22.3. The number of anilines is 2. The first-order chi connectivity index (χ1) is 14.9. The summed E-state index contributed by atoms with van der Waals surface area (Å²) in [6.45, 7) is 3.45. The van der Waals surface area contributed by atoms with Crippen LogP contribution in [-0.2, 0) is 4.79 Å². The van der Waals surface area contributed by atoms with Crippen LogP contribution in [0.1, 0.15) is 22.8 Å². The second kappa shape index (κ2) is 8.58. The summed E-state index contributed by atoms with van der Waals surface area (Å²) >= 11 is 6.33. The molecule has 0 aliphatic carbocycles. The number of hydrogen-bond donors (Lipinski definition) is 2. The summed E-state index contributed by atoms with van der Waals surface area (Å²) in [5.74, 6) is -0.485. The first kappa shape index (κ1) is 20.6. The fraction of sp³-hybridized carbons (Fsp3) is 0.0800. The summed E-state index contributed by atoms with van der Waals surface area (Å²) in [4.78, 5) is 29.2. The van der Waals surface area contributed by atoms with E-state index < -0.39 is 0 Å². The van der Waals surface area contributed by atoms with Crippen LogP contribution >= 0.6 is 11.6 Å². The Morgan fingerprint density at radius 1 is 0.903 bits per heavy atom. The molecule has 4 aromatic rings. The molecule has 0 fully saturated rings. The van der Waals surface area contributed by atoms with Crippen molar-refractivity contribution in [3.8, 4) is 11.3 Å². The first-order valence-corrected chi connectivity index (χ1v) is 10.1. The highest BCUT2D eigenvalue weighted by Crippen LogP contribution is 2.29. The molecule has 6 heteroatoms. The summed E-state index contributed by atoms with van der Waals surface area (Å²) in [6.07, 6.45) is 0. The molecule has 4 rings (SSSR count). The monoisotopic (exact) mass is 429 g/mol. The average molecular weight is 430 g/mol. The number of halogens is 1. The summed E-state index contributed by atoms with van der Waals surface area (Å²) < 4.78 is 0.